The van der Waals surface area contributed by atoms with Gasteiger partial charge in [0.2, 0.25) is 11.7 Å². The van der Waals surface area contributed by atoms with Gasteiger partial charge >= 0.3 is 0 Å². The monoisotopic (exact) mass is 412 g/mol. The van der Waals surface area contributed by atoms with E-state index < -0.39 is 27.3 Å². The number of amides is 2. The van der Waals surface area contributed by atoms with Crippen LogP contribution in [0.1, 0.15) is 0 Å². The van der Waals surface area contributed by atoms with Gasteiger partial charge in [0.25, 0.3) is 5.91 Å². The summed E-state index contributed by atoms with van der Waals surface area (Å²) in [5, 5.41) is 0. The van der Waals surface area contributed by atoms with Crippen LogP contribution in [0.4, 0.5) is 0 Å². The van der Waals surface area contributed by atoms with Crippen molar-refractivity contribution in [1.82, 2.24) is 9.80 Å². The van der Waals surface area contributed by atoms with Crippen LogP contribution in [-0.2, 0) is 28.9 Å². The van der Waals surface area contributed by atoms with Crippen molar-refractivity contribution in [3.05, 3.63) is 30.3 Å². The molecule has 1 unspecified atom stereocenters. The molecule has 1 aromatic carbocycles. The van der Waals surface area contributed by atoms with Crippen molar-refractivity contribution in [2.45, 2.75) is 5.79 Å². The fraction of sp³-hybridized carbons (Fsp3) is 0.556. The van der Waals surface area contributed by atoms with Crippen LogP contribution in [0, 0.1) is 0 Å². The number of hydrogen-bond acceptors (Lipinski definition) is 7. The Bertz CT molecular complexity index is 810. The quantitative estimate of drug-likeness (QED) is 0.644. The standard InChI is InChI=1S/C18H24N2O7S/c1-28(23,24)12-17(22)20-8-10-27-18(14-20)13-19(7-9-26-18)16(21)11-25-15-5-3-2-4-6-15/h2-6H,7-14H2,1H3. The SMILES string of the molecule is CS(=O)(=O)CC(=O)N1CCOC2(CN(C(=O)COc3ccccc3)CCO2)C1. The molecule has 0 saturated carbocycles. The zero-order valence-corrected chi connectivity index (χ0v) is 16.5. The Labute approximate surface area is 164 Å². The second kappa shape index (κ2) is 8.46. The summed E-state index contributed by atoms with van der Waals surface area (Å²) in [5.74, 6) is -1.81. The Balaban J connectivity index is 1.59. The number of hydrogen-bond donors (Lipinski definition) is 0. The van der Waals surface area contributed by atoms with Gasteiger partial charge < -0.3 is 24.0 Å². The lowest BCUT2D eigenvalue weighted by atomic mass is 10.1. The van der Waals surface area contributed by atoms with Gasteiger partial charge in [0.1, 0.15) is 11.5 Å². The highest BCUT2D eigenvalue weighted by Gasteiger charge is 2.44. The van der Waals surface area contributed by atoms with Crippen LogP contribution in [0.15, 0.2) is 30.3 Å². The Morgan fingerprint density at radius 3 is 2.18 bits per heavy atom. The minimum absolute atomic E-state index is 0.0741. The van der Waals surface area contributed by atoms with Crippen molar-refractivity contribution in [3.63, 3.8) is 0 Å². The highest BCUT2D eigenvalue weighted by molar-refractivity contribution is 7.91. The first kappa shape index (κ1) is 20.6. The molecule has 2 aliphatic heterocycles. The minimum atomic E-state index is -3.43. The first-order chi connectivity index (χ1) is 13.3. The molecular formula is C18H24N2O7S. The van der Waals surface area contributed by atoms with Crippen LogP contribution < -0.4 is 4.74 Å². The molecular weight excluding hydrogens is 388 g/mol. The van der Waals surface area contributed by atoms with Crippen LogP contribution in [0.5, 0.6) is 5.75 Å². The van der Waals surface area contributed by atoms with Crippen LogP contribution >= 0.6 is 0 Å². The number of carbonyl (C=O) groups is 2. The van der Waals surface area contributed by atoms with Gasteiger partial charge in [0.05, 0.1) is 26.3 Å². The topological polar surface area (TPSA) is 102 Å². The molecule has 2 aliphatic rings. The fourth-order valence-corrected chi connectivity index (χ4v) is 3.82. The van der Waals surface area contributed by atoms with Crippen LogP contribution in [0.25, 0.3) is 0 Å². The first-order valence-electron chi connectivity index (χ1n) is 8.95. The Morgan fingerprint density at radius 1 is 1.04 bits per heavy atom. The van der Waals surface area contributed by atoms with Crippen molar-refractivity contribution in [1.29, 1.82) is 0 Å². The number of nitrogens with zero attached hydrogens (tertiary/aromatic N) is 2. The largest absolute Gasteiger partial charge is 0.484 e. The molecule has 154 valence electrons. The third-order valence-electron chi connectivity index (χ3n) is 4.51. The molecule has 1 aromatic rings. The van der Waals surface area contributed by atoms with Gasteiger partial charge in [-0.25, -0.2) is 8.42 Å². The Kier molecular flexibility index (Phi) is 6.21. The summed E-state index contributed by atoms with van der Waals surface area (Å²) >= 11 is 0. The summed E-state index contributed by atoms with van der Waals surface area (Å²) in [5.41, 5.74) is 0. The van der Waals surface area contributed by atoms with Crippen LogP contribution in [0.3, 0.4) is 0 Å². The Hall–Kier alpha value is -2.17. The second-order valence-electron chi connectivity index (χ2n) is 6.91. The number of ether oxygens (including phenoxy) is 3. The van der Waals surface area contributed by atoms with Gasteiger partial charge in [-0.1, -0.05) is 18.2 Å². The summed E-state index contributed by atoms with van der Waals surface area (Å²) in [6.07, 6.45) is 1.02. The van der Waals surface area contributed by atoms with E-state index in [0.29, 0.717) is 12.3 Å². The third kappa shape index (κ3) is 5.43. The maximum atomic E-state index is 12.5. The van der Waals surface area contributed by atoms with E-state index in [9.17, 15) is 18.0 Å². The van der Waals surface area contributed by atoms with E-state index >= 15 is 0 Å². The van der Waals surface area contributed by atoms with Crippen molar-refractivity contribution in [2.75, 3.05) is 58.0 Å². The minimum Gasteiger partial charge on any atom is -0.484 e. The number of benzene rings is 1. The number of para-hydroxylation sites is 1. The van der Waals surface area contributed by atoms with E-state index in [-0.39, 0.29) is 45.4 Å². The van der Waals surface area contributed by atoms with Gasteiger partial charge in [-0.05, 0) is 12.1 Å². The summed E-state index contributed by atoms with van der Waals surface area (Å²) in [7, 11) is -3.43. The molecule has 28 heavy (non-hydrogen) atoms. The number of sulfone groups is 1. The fourth-order valence-electron chi connectivity index (χ4n) is 3.19. The molecule has 2 heterocycles. The van der Waals surface area contributed by atoms with Crippen molar-refractivity contribution < 1.29 is 32.2 Å². The number of carbonyl (C=O) groups excluding carboxylic acids is 2. The lowest BCUT2D eigenvalue weighted by Crippen LogP contribution is -2.64. The van der Waals surface area contributed by atoms with E-state index in [4.69, 9.17) is 14.2 Å². The van der Waals surface area contributed by atoms with Gasteiger partial charge in [0.15, 0.2) is 16.4 Å². The van der Waals surface area contributed by atoms with Crippen molar-refractivity contribution in [3.8, 4) is 5.75 Å². The summed E-state index contributed by atoms with van der Waals surface area (Å²) in [6, 6.07) is 9.04. The molecule has 0 N–H and O–H groups in total. The normalized spacial score (nSPS) is 22.9. The van der Waals surface area contributed by atoms with E-state index in [2.05, 4.69) is 0 Å². The van der Waals surface area contributed by atoms with Gasteiger partial charge in [-0.2, -0.15) is 0 Å². The molecule has 10 heteroatoms. The molecule has 2 fully saturated rings. The summed E-state index contributed by atoms with van der Waals surface area (Å²) < 4.78 is 39.8. The molecule has 1 atom stereocenters. The van der Waals surface area contributed by atoms with Gasteiger partial charge in [0, 0.05) is 19.3 Å². The zero-order chi connectivity index (χ0) is 20.2. The molecule has 1 spiro atoms. The molecule has 0 radical (unpaired) electrons. The average Bonchev–Trinajstić information content (AvgIpc) is 2.66. The molecule has 9 nitrogen and oxygen atoms in total. The van der Waals surface area contributed by atoms with E-state index in [0.717, 1.165) is 6.26 Å². The van der Waals surface area contributed by atoms with E-state index in [1.807, 2.05) is 18.2 Å². The predicted octanol–water partition coefficient (Wildman–Crippen LogP) is -0.476. The molecule has 3 rings (SSSR count). The van der Waals surface area contributed by atoms with E-state index in [1.54, 1.807) is 17.0 Å². The van der Waals surface area contributed by atoms with Gasteiger partial charge in [-0.3, -0.25) is 9.59 Å². The van der Waals surface area contributed by atoms with E-state index in [1.165, 1.54) is 4.90 Å². The zero-order valence-electron chi connectivity index (χ0n) is 15.7. The van der Waals surface area contributed by atoms with Crippen molar-refractivity contribution >= 4 is 21.7 Å². The molecule has 2 saturated heterocycles. The van der Waals surface area contributed by atoms with Crippen LogP contribution in [0.2, 0.25) is 0 Å². The number of morpholine rings is 2. The predicted molar refractivity (Wildman–Crippen MR) is 99.4 cm³/mol. The van der Waals surface area contributed by atoms with Gasteiger partial charge in [-0.15, -0.1) is 0 Å². The second-order valence-corrected chi connectivity index (χ2v) is 9.05. The third-order valence-corrected chi connectivity index (χ3v) is 5.28. The maximum absolute atomic E-state index is 12.5. The van der Waals surface area contributed by atoms with Crippen LogP contribution in [-0.4, -0.2) is 93.8 Å². The molecule has 0 aromatic heterocycles. The Morgan fingerprint density at radius 2 is 1.61 bits per heavy atom. The summed E-state index contributed by atoms with van der Waals surface area (Å²) in [4.78, 5) is 27.8. The molecule has 2 amide bonds. The molecule has 0 bridgehead atoms. The van der Waals surface area contributed by atoms with Crippen molar-refractivity contribution in [2.24, 2.45) is 0 Å². The smallest absolute Gasteiger partial charge is 0.260 e. The maximum Gasteiger partial charge on any atom is 0.260 e. The summed E-state index contributed by atoms with van der Waals surface area (Å²) in [6.45, 7) is 1.24. The number of rotatable bonds is 5. The molecule has 0 aliphatic carbocycles. The lowest BCUT2D eigenvalue weighted by molar-refractivity contribution is -0.286. The highest BCUT2D eigenvalue weighted by Crippen LogP contribution is 2.25. The highest BCUT2D eigenvalue weighted by atomic mass is 32.2. The lowest BCUT2D eigenvalue weighted by Gasteiger charge is -2.47. The average molecular weight is 412 g/mol. The first-order valence-corrected chi connectivity index (χ1v) is 11.0.